The predicted octanol–water partition coefficient (Wildman–Crippen LogP) is 3.17. The van der Waals surface area contributed by atoms with Gasteiger partial charge in [0, 0.05) is 29.5 Å². The third-order valence-electron chi connectivity index (χ3n) is 4.87. The average molecular weight is 383 g/mol. The maximum absolute atomic E-state index is 13.2. The number of hydrogen-bond donors (Lipinski definition) is 0. The lowest BCUT2D eigenvalue weighted by molar-refractivity contribution is -0.121. The Kier molecular flexibility index (Phi) is 4.36. The molecule has 1 aliphatic rings. The van der Waals surface area contributed by atoms with Crippen LogP contribution in [0.4, 0.5) is 5.69 Å². The van der Waals surface area contributed by atoms with E-state index in [2.05, 4.69) is 4.98 Å². The number of hydrogen-bond acceptors (Lipinski definition) is 3. The Hall–Kier alpha value is -2.86. The Morgan fingerprint density at radius 2 is 2.04 bits per heavy atom. The molecule has 1 aliphatic heterocycles. The van der Waals surface area contributed by atoms with Crippen molar-refractivity contribution in [3.8, 4) is 0 Å². The minimum Gasteiger partial charge on any atom is -0.323 e. The van der Waals surface area contributed by atoms with Crippen molar-refractivity contribution in [1.82, 2.24) is 14.3 Å². The Morgan fingerprint density at radius 1 is 1.22 bits per heavy atom. The molecule has 2 amide bonds. The average Bonchev–Trinajstić information content (AvgIpc) is 2.98. The van der Waals surface area contributed by atoms with Crippen molar-refractivity contribution in [1.29, 1.82) is 0 Å². The van der Waals surface area contributed by atoms with Crippen molar-refractivity contribution >= 4 is 34.7 Å². The molecule has 0 bridgehead atoms. The van der Waals surface area contributed by atoms with Gasteiger partial charge in [0.2, 0.25) is 5.91 Å². The highest BCUT2D eigenvalue weighted by molar-refractivity contribution is 6.30. The lowest BCUT2D eigenvalue weighted by atomic mass is 10.1. The smallest absolute Gasteiger partial charge is 0.273 e. The summed E-state index contributed by atoms with van der Waals surface area (Å²) in [4.78, 5) is 33.7. The van der Waals surface area contributed by atoms with Crippen molar-refractivity contribution in [2.45, 2.75) is 19.9 Å². The van der Waals surface area contributed by atoms with E-state index in [1.807, 2.05) is 50.4 Å². The number of aryl methyl sites for hydroxylation is 1. The zero-order valence-electron chi connectivity index (χ0n) is 15.1. The number of pyridine rings is 1. The first-order valence-electron chi connectivity index (χ1n) is 8.76. The molecule has 0 aliphatic carbocycles. The fourth-order valence-corrected chi connectivity index (χ4v) is 3.71. The maximum atomic E-state index is 13.2. The van der Waals surface area contributed by atoms with Crippen LogP contribution in [0.15, 0.2) is 48.7 Å². The number of benzene rings is 1. The van der Waals surface area contributed by atoms with Gasteiger partial charge in [0.25, 0.3) is 5.91 Å². The fraction of sp³-hybridized carbons (Fsp3) is 0.250. The van der Waals surface area contributed by atoms with Gasteiger partial charge >= 0.3 is 0 Å². The van der Waals surface area contributed by atoms with Crippen LogP contribution in [0.3, 0.4) is 0 Å². The summed E-state index contributed by atoms with van der Waals surface area (Å²) in [6.45, 7) is 4.20. The van der Waals surface area contributed by atoms with Gasteiger partial charge in [-0.25, -0.2) is 4.98 Å². The second-order valence-electron chi connectivity index (χ2n) is 6.74. The Morgan fingerprint density at radius 3 is 2.81 bits per heavy atom. The summed E-state index contributed by atoms with van der Waals surface area (Å²) in [5.74, 6) is -0.312. The minimum absolute atomic E-state index is 0.0199. The third kappa shape index (κ3) is 3.06. The second kappa shape index (κ2) is 6.70. The van der Waals surface area contributed by atoms with E-state index in [9.17, 15) is 9.59 Å². The molecule has 1 atom stereocenters. The van der Waals surface area contributed by atoms with Gasteiger partial charge in [-0.2, -0.15) is 0 Å². The number of halogens is 1. The van der Waals surface area contributed by atoms with Gasteiger partial charge in [0.1, 0.15) is 17.9 Å². The van der Waals surface area contributed by atoms with Crippen LogP contribution in [-0.2, 0) is 4.79 Å². The van der Waals surface area contributed by atoms with Crippen molar-refractivity contribution in [3.63, 3.8) is 0 Å². The molecule has 138 valence electrons. The molecule has 0 unspecified atom stereocenters. The van der Waals surface area contributed by atoms with Gasteiger partial charge in [0.05, 0.1) is 5.69 Å². The number of fused-ring (bicyclic) bond motifs is 1. The van der Waals surface area contributed by atoms with Gasteiger partial charge in [-0.1, -0.05) is 23.7 Å². The van der Waals surface area contributed by atoms with Crippen molar-refractivity contribution in [2.75, 3.05) is 18.0 Å². The Labute approximate surface area is 162 Å². The Balaban J connectivity index is 1.63. The van der Waals surface area contributed by atoms with Gasteiger partial charge in [-0.3, -0.25) is 14.0 Å². The van der Waals surface area contributed by atoms with Gasteiger partial charge in [-0.05, 0) is 44.2 Å². The van der Waals surface area contributed by atoms with Crippen LogP contribution >= 0.6 is 11.6 Å². The Bertz CT molecular complexity index is 1050. The number of amides is 2. The third-order valence-corrected chi connectivity index (χ3v) is 5.11. The van der Waals surface area contributed by atoms with Gasteiger partial charge < -0.3 is 9.80 Å². The second-order valence-corrected chi connectivity index (χ2v) is 7.18. The van der Waals surface area contributed by atoms with Gasteiger partial charge in [-0.15, -0.1) is 0 Å². The maximum Gasteiger partial charge on any atom is 0.273 e. The van der Waals surface area contributed by atoms with Crippen LogP contribution in [-0.4, -0.2) is 45.2 Å². The molecule has 0 saturated carbocycles. The van der Waals surface area contributed by atoms with E-state index in [0.29, 0.717) is 23.0 Å². The molecular weight excluding hydrogens is 364 g/mol. The normalized spacial score (nSPS) is 17.6. The van der Waals surface area contributed by atoms with Crippen LogP contribution in [0.5, 0.6) is 0 Å². The number of piperazine rings is 1. The van der Waals surface area contributed by atoms with E-state index in [-0.39, 0.29) is 24.4 Å². The van der Waals surface area contributed by atoms with E-state index in [4.69, 9.17) is 11.6 Å². The highest BCUT2D eigenvalue weighted by Gasteiger charge is 2.35. The summed E-state index contributed by atoms with van der Waals surface area (Å²) in [6.07, 6.45) is 1.82. The summed E-state index contributed by atoms with van der Waals surface area (Å²) in [6, 6.07) is 12.7. The quantitative estimate of drug-likeness (QED) is 0.684. The molecular formula is C20H19ClN4O2. The number of rotatable bonds is 2. The van der Waals surface area contributed by atoms with Crippen LogP contribution in [0.2, 0.25) is 5.02 Å². The number of carbonyl (C=O) groups is 2. The molecule has 3 heterocycles. The number of nitrogens with zero attached hydrogens (tertiary/aromatic N) is 4. The predicted molar refractivity (Wildman–Crippen MR) is 104 cm³/mol. The lowest BCUT2D eigenvalue weighted by Gasteiger charge is -2.39. The molecule has 1 aromatic carbocycles. The largest absolute Gasteiger partial charge is 0.323 e. The minimum atomic E-state index is -0.183. The summed E-state index contributed by atoms with van der Waals surface area (Å²) < 4.78 is 1.78. The van der Waals surface area contributed by atoms with Crippen LogP contribution in [0.25, 0.3) is 5.65 Å². The van der Waals surface area contributed by atoms with Crippen LogP contribution in [0.1, 0.15) is 23.1 Å². The van der Waals surface area contributed by atoms with Crippen LogP contribution < -0.4 is 4.90 Å². The van der Waals surface area contributed by atoms with E-state index in [0.717, 1.165) is 11.3 Å². The lowest BCUT2D eigenvalue weighted by Crippen LogP contribution is -2.57. The molecule has 27 heavy (non-hydrogen) atoms. The number of imidazole rings is 1. The van der Waals surface area contributed by atoms with E-state index in [1.54, 1.807) is 26.3 Å². The van der Waals surface area contributed by atoms with E-state index >= 15 is 0 Å². The highest BCUT2D eigenvalue weighted by atomic mass is 35.5. The number of aromatic nitrogens is 2. The first kappa shape index (κ1) is 17.5. The molecule has 7 heteroatoms. The molecule has 3 aromatic rings. The first-order valence-corrected chi connectivity index (χ1v) is 9.14. The topological polar surface area (TPSA) is 57.9 Å². The molecule has 1 fully saturated rings. The molecule has 4 rings (SSSR count). The van der Waals surface area contributed by atoms with Gasteiger partial charge in [0.15, 0.2) is 0 Å². The summed E-state index contributed by atoms with van der Waals surface area (Å²) in [5.41, 5.74) is 2.62. The molecule has 2 aromatic heterocycles. The summed E-state index contributed by atoms with van der Waals surface area (Å²) >= 11 is 6.06. The zero-order chi connectivity index (χ0) is 19.1. The summed E-state index contributed by atoms with van der Waals surface area (Å²) in [7, 11) is 0. The number of carbonyl (C=O) groups excluding carboxylic acids is 2. The first-order chi connectivity index (χ1) is 13.0. The van der Waals surface area contributed by atoms with Crippen molar-refractivity contribution in [3.05, 3.63) is 65.1 Å². The molecule has 1 saturated heterocycles. The van der Waals surface area contributed by atoms with Crippen LogP contribution in [0, 0.1) is 6.92 Å². The van der Waals surface area contributed by atoms with Crippen molar-refractivity contribution < 1.29 is 9.59 Å². The zero-order valence-corrected chi connectivity index (χ0v) is 15.8. The molecule has 0 spiro atoms. The van der Waals surface area contributed by atoms with Crippen molar-refractivity contribution in [2.24, 2.45) is 0 Å². The van der Waals surface area contributed by atoms with E-state index < -0.39 is 0 Å². The molecule has 0 N–H and O–H groups in total. The molecule has 6 nitrogen and oxygen atoms in total. The fourth-order valence-electron chi connectivity index (χ4n) is 3.52. The van der Waals surface area contributed by atoms with E-state index in [1.165, 1.54) is 0 Å². The monoisotopic (exact) mass is 382 g/mol. The summed E-state index contributed by atoms with van der Waals surface area (Å²) in [5, 5.41) is 0.577. The standard InChI is InChI=1S/C20H19ClN4O2/c1-13-11-25(16-7-5-6-15(21)10-16)18(26)12-24(13)20(27)19-14(2)22-17-8-3-4-9-23(17)19/h3-10,13H,11-12H2,1-2H3/t13-/m0/s1. The molecule has 0 radical (unpaired) electrons. The number of anilines is 1. The SMILES string of the molecule is Cc1nc2ccccn2c1C(=O)N1CC(=O)N(c2cccc(Cl)c2)C[C@@H]1C. The highest BCUT2D eigenvalue weighted by Crippen LogP contribution is 2.25.